The second-order valence-corrected chi connectivity index (χ2v) is 7.96. The molecule has 160 valence electrons. The van der Waals surface area contributed by atoms with E-state index in [4.69, 9.17) is 4.74 Å². The average Bonchev–Trinajstić information content (AvgIpc) is 3.39. The molecule has 1 unspecified atom stereocenters. The first-order valence-corrected chi connectivity index (χ1v) is 10.5. The average molecular weight is 426 g/mol. The standard InChI is InChI=1S/C26H22N2O4/c29-25(30)24(14-16-9-10-17-11-12-27-23(17)13-16)28-26(31)32-15-22-20-7-3-1-5-18(20)19-6-2-4-8-21(19)22/h1-13,22,24,27H,14-15H2,(H,28,31)(H,29,30). The number of aromatic nitrogens is 1. The van der Waals surface area contributed by atoms with Gasteiger partial charge < -0.3 is 20.1 Å². The van der Waals surface area contributed by atoms with E-state index in [2.05, 4.69) is 22.4 Å². The van der Waals surface area contributed by atoms with Crippen LogP contribution < -0.4 is 5.32 Å². The molecule has 0 bridgehead atoms. The number of amides is 1. The monoisotopic (exact) mass is 426 g/mol. The van der Waals surface area contributed by atoms with E-state index >= 15 is 0 Å². The Balaban J connectivity index is 1.27. The minimum Gasteiger partial charge on any atom is -0.480 e. The summed E-state index contributed by atoms with van der Waals surface area (Å²) in [5.74, 6) is -1.18. The summed E-state index contributed by atoms with van der Waals surface area (Å²) in [5, 5.41) is 13.2. The van der Waals surface area contributed by atoms with Crippen LogP contribution in [0.5, 0.6) is 0 Å². The van der Waals surface area contributed by atoms with Crippen LogP contribution in [-0.2, 0) is 16.0 Å². The molecule has 0 saturated heterocycles. The van der Waals surface area contributed by atoms with Crippen molar-refractivity contribution in [3.63, 3.8) is 0 Å². The van der Waals surface area contributed by atoms with Crippen LogP contribution in [0.2, 0.25) is 0 Å². The minimum absolute atomic E-state index is 0.0771. The lowest BCUT2D eigenvalue weighted by atomic mass is 9.98. The molecular weight excluding hydrogens is 404 g/mol. The van der Waals surface area contributed by atoms with Crippen LogP contribution in [0.3, 0.4) is 0 Å². The molecule has 4 aromatic rings. The van der Waals surface area contributed by atoms with Crippen LogP contribution in [0.25, 0.3) is 22.0 Å². The van der Waals surface area contributed by atoms with Gasteiger partial charge in [0.15, 0.2) is 0 Å². The van der Waals surface area contributed by atoms with Gasteiger partial charge in [0.1, 0.15) is 12.6 Å². The SMILES string of the molecule is O=C(NC(Cc1ccc2cc[nH]c2c1)C(=O)O)OCC1c2ccccc2-c2ccccc21. The number of aliphatic carboxylic acids is 1. The van der Waals surface area contributed by atoms with Crippen molar-refractivity contribution in [3.05, 3.63) is 95.7 Å². The number of carboxylic acid groups (broad SMARTS) is 1. The molecule has 6 nitrogen and oxygen atoms in total. The molecule has 0 spiro atoms. The van der Waals surface area contributed by atoms with Gasteiger partial charge in [-0.2, -0.15) is 0 Å². The van der Waals surface area contributed by atoms with E-state index in [0.717, 1.165) is 38.7 Å². The van der Waals surface area contributed by atoms with Gasteiger partial charge in [0.25, 0.3) is 0 Å². The van der Waals surface area contributed by atoms with E-state index < -0.39 is 18.1 Å². The lowest BCUT2D eigenvalue weighted by Crippen LogP contribution is -2.42. The van der Waals surface area contributed by atoms with E-state index in [-0.39, 0.29) is 18.9 Å². The lowest BCUT2D eigenvalue weighted by Gasteiger charge is -2.17. The Kier molecular flexibility index (Phi) is 5.11. The zero-order valence-electron chi connectivity index (χ0n) is 17.2. The highest BCUT2D eigenvalue weighted by Gasteiger charge is 2.29. The summed E-state index contributed by atoms with van der Waals surface area (Å²) >= 11 is 0. The third kappa shape index (κ3) is 3.71. The molecule has 3 N–H and O–H groups in total. The molecular formula is C26H22N2O4. The van der Waals surface area contributed by atoms with E-state index in [1.807, 2.05) is 66.9 Å². The van der Waals surface area contributed by atoms with Gasteiger partial charge >= 0.3 is 12.1 Å². The van der Waals surface area contributed by atoms with E-state index in [9.17, 15) is 14.7 Å². The number of hydrogen-bond donors (Lipinski definition) is 3. The molecule has 0 aliphatic heterocycles. The topological polar surface area (TPSA) is 91.4 Å². The van der Waals surface area contributed by atoms with Crippen molar-refractivity contribution in [1.82, 2.24) is 10.3 Å². The molecule has 1 aliphatic carbocycles. The number of nitrogens with one attached hydrogen (secondary N) is 2. The first kappa shape index (κ1) is 19.9. The molecule has 5 rings (SSSR count). The van der Waals surface area contributed by atoms with Crippen molar-refractivity contribution < 1.29 is 19.4 Å². The van der Waals surface area contributed by atoms with Gasteiger partial charge in [0.2, 0.25) is 0 Å². The normalized spacial score (nSPS) is 13.4. The zero-order chi connectivity index (χ0) is 22.1. The second-order valence-electron chi connectivity index (χ2n) is 7.96. The number of benzene rings is 3. The maximum absolute atomic E-state index is 12.5. The summed E-state index contributed by atoms with van der Waals surface area (Å²) in [6.45, 7) is 0.140. The molecule has 0 radical (unpaired) electrons. The van der Waals surface area contributed by atoms with E-state index in [0.29, 0.717) is 0 Å². The minimum atomic E-state index is -1.11. The Morgan fingerprint density at radius 3 is 2.34 bits per heavy atom. The molecule has 1 aliphatic rings. The maximum atomic E-state index is 12.5. The summed E-state index contributed by atoms with van der Waals surface area (Å²) in [6, 6.07) is 22.7. The van der Waals surface area contributed by atoms with Crippen molar-refractivity contribution in [2.75, 3.05) is 6.61 Å². The Hall–Kier alpha value is -4.06. The van der Waals surface area contributed by atoms with Crippen molar-refractivity contribution in [2.24, 2.45) is 0 Å². The number of hydrogen-bond acceptors (Lipinski definition) is 3. The zero-order valence-corrected chi connectivity index (χ0v) is 17.2. The molecule has 0 fully saturated rings. The van der Waals surface area contributed by atoms with Crippen LogP contribution in [0.1, 0.15) is 22.6 Å². The summed E-state index contributed by atoms with van der Waals surface area (Å²) in [7, 11) is 0. The number of carboxylic acids is 1. The summed E-state index contributed by atoms with van der Waals surface area (Å²) in [4.78, 5) is 27.4. The fourth-order valence-electron chi connectivity index (χ4n) is 4.44. The number of alkyl carbamates (subject to hydrolysis) is 1. The molecule has 1 aromatic heterocycles. The summed E-state index contributed by atoms with van der Waals surface area (Å²) in [5.41, 5.74) is 6.23. The van der Waals surface area contributed by atoms with Gasteiger partial charge in [-0.3, -0.25) is 0 Å². The van der Waals surface area contributed by atoms with Crippen LogP contribution in [0.15, 0.2) is 79.0 Å². The number of carbonyl (C=O) groups excluding carboxylic acids is 1. The number of carbonyl (C=O) groups is 2. The van der Waals surface area contributed by atoms with Gasteiger partial charge in [-0.25, -0.2) is 9.59 Å². The van der Waals surface area contributed by atoms with E-state index in [1.165, 1.54) is 0 Å². The summed E-state index contributed by atoms with van der Waals surface area (Å²) in [6.07, 6.45) is 1.26. The van der Waals surface area contributed by atoms with Crippen molar-refractivity contribution in [1.29, 1.82) is 0 Å². The Labute approximate surface area is 184 Å². The fourth-order valence-corrected chi connectivity index (χ4v) is 4.44. The largest absolute Gasteiger partial charge is 0.480 e. The van der Waals surface area contributed by atoms with Gasteiger partial charge in [0.05, 0.1) is 0 Å². The Morgan fingerprint density at radius 1 is 0.969 bits per heavy atom. The second kappa shape index (κ2) is 8.23. The van der Waals surface area contributed by atoms with Crippen LogP contribution >= 0.6 is 0 Å². The molecule has 6 heteroatoms. The van der Waals surface area contributed by atoms with Crippen LogP contribution in [0.4, 0.5) is 4.79 Å². The highest BCUT2D eigenvalue weighted by molar-refractivity contribution is 5.82. The van der Waals surface area contributed by atoms with Gasteiger partial charge in [0, 0.05) is 24.1 Å². The highest BCUT2D eigenvalue weighted by atomic mass is 16.5. The number of rotatable bonds is 6. The third-order valence-corrected chi connectivity index (χ3v) is 5.99. The third-order valence-electron chi connectivity index (χ3n) is 5.99. The maximum Gasteiger partial charge on any atom is 0.407 e. The molecule has 1 heterocycles. The number of H-pyrrole nitrogens is 1. The van der Waals surface area contributed by atoms with Crippen molar-refractivity contribution >= 4 is 23.0 Å². The number of aromatic amines is 1. The summed E-state index contributed by atoms with van der Waals surface area (Å²) < 4.78 is 5.50. The van der Waals surface area contributed by atoms with Gasteiger partial charge in [-0.15, -0.1) is 0 Å². The van der Waals surface area contributed by atoms with Gasteiger partial charge in [-0.05, 0) is 45.3 Å². The first-order chi connectivity index (χ1) is 15.6. The predicted molar refractivity (Wildman–Crippen MR) is 122 cm³/mol. The van der Waals surface area contributed by atoms with E-state index in [1.54, 1.807) is 0 Å². The number of ether oxygens (including phenoxy) is 1. The molecule has 1 amide bonds. The Morgan fingerprint density at radius 2 is 1.66 bits per heavy atom. The lowest BCUT2D eigenvalue weighted by molar-refractivity contribution is -0.139. The van der Waals surface area contributed by atoms with Crippen molar-refractivity contribution in [3.8, 4) is 11.1 Å². The molecule has 0 saturated carbocycles. The smallest absolute Gasteiger partial charge is 0.407 e. The van der Waals surface area contributed by atoms with Crippen molar-refractivity contribution in [2.45, 2.75) is 18.4 Å². The fraction of sp³-hybridized carbons (Fsp3) is 0.154. The quantitative estimate of drug-likeness (QED) is 0.417. The highest BCUT2D eigenvalue weighted by Crippen LogP contribution is 2.44. The van der Waals surface area contributed by atoms with Gasteiger partial charge in [-0.1, -0.05) is 60.7 Å². The number of fused-ring (bicyclic) bond motifs is 4. The first-order valence-electron chi connectivity index (χ1n) is 10.5. The van der Waals surface area contributed by atoms with Crippen LogP contribution in [-0.4, -0.2) is 34.8 Å². The van der Waals surface area contributed by atoms with Crippen LogP contribution in [0, 0.1) is 0 Å². The molecule has 3 aromatic carbocycles. The Bertz CT molecular complexity index is 1260. The predicted octanol–water partition coefficient (Wildman–Crippen LogP) is 4.70. The molecule has 32 heavy (non-hydrogen) atoms. The molecule has 1 atom stereocenters.